The Morgan fingerprint density at radius 3 is 2.00 bits per heavy atom. The van der Waals surface area contributed by atoms with E-state index < -0.39 is 0 Å². The highest BCUT2D eigenvalue weighted by atomic mass is 15.3. The zero-order chi connectivity index (χ0) is 8.48. The van der Waals surface area contributed by atoms with E-state index in [1.807, 2.05) is 18.2 Å². The van der Waals surface area contributed by atoms with Crippen molar-refractivity contribution >= 4 is 19.0 Å². The first-order valence-electron chi connectivity index (χ1n) is 3.68. The topological polar surface area (TPSA) is 0 Å². The molecule has 0 amide bonds. The Morgan fingerprint density at radius 2 is 1.64 bits per heavy atom. The number of para-hydroxylation sites is 1. The van der Waals surface area contributed by atoms with Crippen molar-refractivity contribution in [2.75, 3.05) is 21.1 Å². The molecule has 0 unspecified atom stereocenters. The highest BCUT2D eigenvalue weighted by Gasteiger charge is 2.12. The molecule has 1 nitrogen and oxygen atoms in total. The summed E-state index contributed by atoms with van der Waals surface area (Å²) in [5, 5.41) is 0. The van der Waals surface area contributed by atoms with Gasteiger partial charge in [-0.3, -0.25) is 4.48 Å². The summed E-state index contributed by atoms with van der Waals surface area (Å²) in [6.07, 6.45) is 0. The van der Waals surface area contributed by atoms with Crippen molar-refractivity contribution in [2.45, 2.75) is 0 Å². The zero-order valence-corrected chi connectivity index (χ0v) is 7.33. The number of hydrogen-bond donors (Lipinski definition) is 0. The minimum absolute atomic E-state index is 0.771. The molecule has 2 radical (unpaired) electrons. The fourth-order valence-electron chi connectivity index (χ4n) is 1.10. The first kappa shape index (κ1) is 8.34. The van der Waals surface area contributed by atoms with E-state index in [9.17, 15) is 0 Å². The number of quaternary nitrogens is 1. The maximum Gasteiger partial charge on any atom is 0.125 e. The van der Waals surface area contributed by atoms with Gasteiger partial charge in [0.25, 0.3) is 0 Å². The lowest BCUT2D eigenvalue weighted by Crippen LogP contribution is -2.38. The van der Waals surface area contributed by atoms with Crippen molar-refractivity contribution in [1.82, 2.24) is 4.48 Å². The molecule has 2 heteroatoms. The zero-order valence-electron chi connectivity index (χ0n) is 7.33. The summed E-state index contributed by atoms with van der Waals surface area (Å²) < 4.78 is 0.771. The van der Waals surface area contributed by atoms with Gasteiger partial charge >= 0.3 is 0 Å². The minimum Gasteiger partial charge on any atom is -0.299 e. The van der Waals surface area contributed by atoms with Crippen LogP contribution in [0.5, 0.6) is 0 Å². The van der Waals surface area contributed by atoms with Gasteiger partial charge < -0.3 is 0 Å². The van der Waals surface area contributed by atoms with E-state index in [0.29, 0.717) is 0 Å². The molecule has 1 aromatic carbocycles. The van der Waals surface area contributed by atoms with Gasteiger partial charge in [-0.1, -0.05) is 18.2 Å². The molecule has 0 aliphatic heterocycles. The van der Waals surface area contributed by atoms with Crippen molar-refractivity contribution in [3.8, 4) is 0 Å². The van der Waals surface area contributed by atoms with Crippen molar-refractivity contribution < 1.29 is 0 Å². The summed E-state index contributed by atoms with van der Waals surface area (Å²) in [4.78, 5) is 0. The van der Waals surface area contributed by atoms with Crippen LogP contribution in [0.3, 0.4) is 0 Å². The van der Waals surface area contributed by atoms with Crippen LogP contribution in [-0.2, 0) is 0 Å². The SMILES string of the molecule is [B]c1ccccc1[N+](C)(C)C. The third-order valence-electron chi connectivity index (χ3n) is 1.66. The van der Waals surface area contributed by atoms with Crippen LogP contribution in [0.1, 0.15) is 0 Å². The standard InChI is InChI=1S/C9H13BN/c1-11(2,3)9-7-5-4-6-8(9)10/h4-7H,1-3H3/q+1. The van der Waals surface area contributed by atoms with Crippen LogP contribution < -0.4 is 9.95 Å². The van der Waals surface area contributed by atoms with Crippen LogP contribution >= 0.6 is 0 Å². The molecule has 0 heterocycles. The Morgan fingerprint density at radius 1 is 1.09 bits per heavy atom. The first-order valence-corrected chi connectivity index (χ1v) is 3.68. The second-order valence-corrected chi connectivity index (χ2v) is 3.57. The van der Waals surface area contributed by atoms with E-state index in [0.717, 1.165) is 15.6 Å². The second kappa shape index (κ2) is 2.70. The lowest BCUT2D eigenvalue weighted by atomic mass is 9.93. The smallest absolute Gasteiger partial charge is 0.125 e. The van der Waals surface area contributed by atoms with E-state index in [1.165, 1.54) is 0 Å². The van der Waals surface area contributed by atoms with Gasteiger partial charge in [0.15, 0.2) is 0 Å². The molecule has 0 bridgehead atoms. The maximum atomic E-state index is 5.79. The Labute approximate surface area is 69.6 Å². The predicted octanol–water partition coefficient (Wildman–Crippen LogP) is 0.677. The molecule has 0 N–H and O–H groups in total. The van der Waals surface area contributed by atoms with E-state index in [4.69, 9.17) is 7.85 Å². The fraction of sp³-hybridized carbons (Fsp3) is 0.333. The Kier molecular flexibility index (Phi) is 2.05. The van der Waals surface area contributed by atoms with Gasteiger partial charge in [-0.05, 0) is 11.5 Å². The second-order valence-electron chi connectivity index (χ2n) is 3.57. The van der Waals surface area contributed by atoms with Gasteiger partial charge in [-0.25, -0.2) is 0 Å². The number of rotatable bonds is 1. The molecule has 1 aromatic rings. The minimum atomic E-state index is 0.771. The first-order chi connectivity index (χ1) is 5.02. The van der Waals surface area contributed by atoms with Crippen LogP contribution in [0, 0.1) is 0 Å². The third-order valence-corrected chi connectivity index (χ3v) is 1.66. The maximum absolute atomic E-state index is 5.79. The lowest BCUT2D eigenvalue weighted by Gasteiger charge is -2.25. The summed E-state index contributed by atoms with van der Waals surface area (Å²) >= 11 is 0. The highest BCUT2D eigenvalue weighted by molar-refractivity contribution is 6.35. The van der Waals surface area contributed by atoms with Gasteiger partial charge in [0.1, 0.15) is 13.5 Å². The largest absolute Gasteiger partial charge is 0.299 e. The molecular formula is C9H13BN+. The number of nitrogens with zero attached hydrogens (tertiary/aromatic N) is 1. The molecule has 0 aliphatic carbocycles. The van der Waals surface area contributed by atoms with Gasteiger partial charge in [0.05, 0.1) is 21.1 Å². The Balaban J connectivity index is 3.14. The van der Waals surface area contributed by atoms with Gasteiger partial charge in [0.2, 0.25) is 0 Å². The summed E-state index contributed by atoms with van der Waals surface area (Å²) in [6, 6.07) is 7.94. The van der Waals surface area contributed by atoms with Gasteiger partial charge in [-0.2, -0.15) is 0 Å². The Bertz CT molecular complexity index is 250. The normalized spacial score (nSPS) is 11.5. The highest BCUT2D eigenvalue weighted by Crippen LogP contribution is 2.11. The Hall–Kier alpha value is -0.755. The molecular weight excluding hydrogens is 133 g/mol. The summed E-state index contributed by atoms with van der Waals surface area (Å²) in [7, 11) is 12.1. The molecule has 0 saturated heterocycles. The van der Waals surface area contributed by atoms with Crippen molar-refractivity contribution in [2.24, 2.45) is 0 Å². The van der Waals surface area contributed by atoms with Gasteiger partial charge in [-0.15, -0.1) is 0 Å². The monoisotopic (exact) mass is 146 g/mol. The van der Waals surface area contributed by atoms with E-state index >= 15 is 0 Å². The summed E-state index contributed by atoms with van der Waals surface area (Å²) in [5.41, 5.74) is 2.02. The van der Waals surface area contributed by atoms with Crippen LogP contribution in [-0.4, -0.2) is 29.0 Å². The van der Waals surface area contributed by atoms with Crippen molar-refractivity contribution in [3.63, 3.8) is 0 Å². The average Bonchev–Trinajstić information content (AvgIpc) is 1.86. The molecule has 11 heavy (non-hydrogen) atoms. The van der Waals surface area contributed by atoms with Gasteiger partial charge in [0, 0.05) is 0 Å². The summed E-state index contributed by atoms with van der Waals surface area (Å²) in [5.74, 6) is 0. The van der Waals surface area contributed by atoms with E-state index in [2.05, 4.69) is 27.2 Å². The van der Waals surface area contributed by atoms with Crippen LogP contribution in [0.25, 0.3) is 0 Å². The lowest BCUT2D eigenvalue weighted by molar-refractivity contribution is 0.489. The number of benzene rings is 1. The van der Waals surface area contributed by atoms with Crippen molar-refractivity contribution in [1.29, 1.82) is 0 Å². The predicted molar refractivity (Wildman–Crippen MR) is 51.4 cm³/mol. The molecule has 1 rings (SSSR count). The molecule has 0 spiro atoms. The summed E-state index contributed by atoms with van der Waals surface area (Å²) in [6.45, 7) is 0. The van der Waals surface area contributed by atoms with Crippen LogP contribution in [0.2, 0.25) is 0 Å². The van der Waals surface area contributed by atoms with E-state index in [1.54, 1.807) is 0 Å². The molecule has 0 atom stereocenters. The fourth-order valence-corrected chi connectivity index (χ4v) is 1.10. The molecule has 0 fully saturated rings. The van der Waals surface area contributed by atoms with Crippen molar-refractivity contribution in [3.05, 3.63) is 24.3 Å². The number of hydrogen-bond acceptors (Lipinski definition) is 0. The molecule has 0 aromatic heterocycles. The quantitative estimate of drug-likeness (QED) is 0.403. The molecule has 0 saturated carbocycles. The average molecular weight is 146 g/mol. The van der Waals surface area contributed by atoms with Crippen LogP contribution in [0.15, 0.2) is 24.3 Å². The molecule has 56 valence electrons. The van der Waals surface area contributed by atoms with Crippen LogP contribution in [0.4, 0.5) is 5.69 Å². The third kappa shape index (κ3) is 1.84. The molecule has 0 aliphatic rings. The van der Waals surface area contributed by atoms with E-state index in [-0.39, 0.29) is 0 Å².